The van der Waals surface area contributed by atoms with Crippen LogP contribution in [0, 0.1) is 6.92 Å². The van der Waals surface area contributed by atoms with Crippen molar-refractivity contribution in [2.24, 2.45) is 0 Å². The van der Waals surface area contributed by atoms with E-state index in [-0.39, 0.29) is 0 Å². The highest BCUT2D eigenvalue weighted by molar-refractivity contribution is 5.96. The molecule has 0 saturated carbocycles. The normalized spacial score (nSPS) is 10.3. The molecule has 0 atom stereocenters. The minimum Gasteiger partial charge on any atom is -0.465 e. The summed E-state index contributed by atoms with van der Waals surface area (Å²) in [5.74, 6) is 0.323. The standard InChI is InChI=1S/C17H16N4O2/c1-12-10-16(21(20-12)13-6-4-3-5-7-13)19-15-11-18-9-8-14(15)17(22)23-2/h3-11,19H,1-2H3. The van der Waals surface area contributed by atoms with E-state index in [1.54, 1.807) is 23.1 Å². The predicted octanol–water partition coefficient (Wildman–Crippen LogP) is 3.11. The summed E-state index contributed by atoms with van der Waals surface area (Å²) >= 11 is 0. The van der Waals surface area contributed by atoms with Crippen LogP contribution in [0.2, 0.25) is 0 Å². The van der Waals surface area contributed by atoms with Crippen LogP contribution in [-0.4, -0.2) is 27.8 Å². The Morgan fingerprint density at radius 2 is 2.00 bits per heavy atom. The van der Waals surface area contributed by atoms with Crippen LogP contribution >= 0.6 is 0 Å². The van der Waals surface area contributed by atoms with Crippen molar-refractivity contribution in [3.8, 4) is 5.69 Å². The highest BCUT2D eigenvalue weighted by atomic mass is 16.5. The number of anilines is 2. The molecular formula is C17H16N4O2. The van der Waals surface area contributed by atoms with Crippen molar-refractivity contribution in [2.45, 2.75) is 6.92 Å². The van der Waals surface area contributed by atoms with Crippen molar-refractivity contribution in [2.75, 3.05) is 12.4 Å². The van der Waals surface area contributed by atoms with Gasteiger partial charge in [0.05, 0.1) is 35.9 Å². The highest BCUT2D eigenvalue weighted by Crippen LogP contribution is 2.23. The molecule has 0 saturated heterocycles. The van der Waals surface area contributed by atoms with Gasteiger partial charge in [-0.2, -0.15) is 5.10 Å². The van der Waals surface area contributed by atoms with Crippen LogP contribution in [0.25, 0.3) is 5.69 Å². The molecule has 0 aliphatic rings. The molecule has 23 heavy (non-hydrogen) atoms. The van der Waals surface area contributed by atoms with Crippen LogP contribution < -0.4 is 5.32 Å². The fraction of sp³-hybridized carbons (Fsp3) is 0.118. The van der Waals surface area contributed by atoms with E-state index in [9.17, 15) is 4.79 Å². The molecule has 0 amide bonds. The fourth-order valence-corrected chi connectivity index (χ4v) is 2.27. The van der Waals surface area contributed by atoms with Gasteiger partial charge in [-0.25, -0.2) is 9.48 Å². The number of aryl methyl sites for hydroxylation is 1. The summed E-state index contributed by atoms with van der Waals surface area (Å²) in [7, 11) is 1.35. The number of para-hydroxylation sites is 1. The van der Waals surface area contributed by atoms with Crippen molar-refractivity contribution in [1.29, 1.82) is 0 Å². The minimum absolute atomic E-state index is 0.418. The largest absolute Gasteiger partial charge is 0.465 e. The average molecular weight is 308 g/mol. The number of esters is 1. The van der Waals surface area contributed by atoms with Crippen LogP contribution in [0.15, 0.2) is 54.9 Å². The number of hydrogen-bond acceptors (Lipinski definition) is 5. The number of methoxy groups -OCH3 is 1. The van der Waals surface area contributed by atoms with E-state index in [4.69, 9.17) is 4.74 Å². The number of carbonyl (C=O) groups is 1. The molecule has 3 aromatic rings. The summed E-state index contributed by atoms with van der Waals surface area (Å²) in [4.78, 5) is 15.9. The number of ether oxygens (including phenoxy) is 1. The molecule has 1 aromatic carbocycles. The second-order valence-electron chi connectivity index (χ2n) is 4.96. The van der Waals surface area contributed by atoms with Gasteiger partial charge in [-0.3, -0.25) is 4.98 Å². The van der Waals surface area contributed by atoms with Crippen molar-refractivity contribution >= 4 is 17.5 Å². The molecule has 0 unspecified atom stereocenters. The van der Waals surface area contributed by atoms with Gasteiger partial charge in [0, 0.05) is 12.3 Å². The first kappa shape index (κ1) is 14.8. The van der Waals surface area contributed by atoms with E-state index in [0.29, 0.717) is 11.3 Å². The third kappa shape index (κ3) is 3.06. The molecular weight excluding hydrogens is 292 g/mol. The van der Waals surface area contributed by atoms with Gasteiger partial charge in [0.1, 0.15) is 5.82 Å². The molecule has 2 aromatic heterocycles. The number of nitrogens with one attached hydrogen (secondary N) is 1. The Morgan fingerprint density at radius 1 is 1.22 bits per heavy atom. The number of carbonyl (C=O) groups excluding carboxylic acids is 1. The predicted molar refractivity (Wildman–Crippen MR) is 87.2 cm³/mol. The number of hydrogen-bond donors (Lipinski definition) is 1. The maximum Gasteiger partial charge on any atom is 0.340 e. The van der Waals surface area contributed by atoms with Gasteiger partial charge in [0.25, 0.3) is 0 Å². The Morgan fingerprint density at radius 3 is 2.74 bits per heavy atom. The molecule has 0 bridgehead atoms. The lowest BCUT2D eigenvalue weighted by molar-refractivity contribution is 0.0602. The van der Waals surface area contributed by atoms with Crippen LogP contribution in [0.1, 0.15) is 16.1 Å². The Labute approximate surface area is 133 Å². The molecule has 0 spiro atoms. The molecule has 116 valence electrons. The molecule has 2 heterocycles. The lowest BCUT2D eigenvalue weighted by Gasteiger charge is -2.12. The molecule has 0 aliphatic heterocycles. The van der Waals surface area contributed by atoms with Crippen molar-refractivity contribution < 1.29 is 9.53 Å². The molecule has 3 rings (SSSR count). The topological polar surface area (TPSA) is 69.0 Å². The molecule has 0 fully saturated rings. The average Bonchev–Trinajstić information content (AvgIpc) is 2.96. The number of aromatic nitrogens is 3. The number of pyridine rings is 1. The molecule has 0 radical (unpaired) electrons. The van der Waals surface area contributed by atoms with E-state index in [1.165, 1.54) is 7.11 Å². The summed E-state index contributed by atoms with van der Waals surface area (Å²) in [5.41, 5.74) is 2.77. The van der Waals surface area contributed by atoms with Crippen molar-refractivity contribution in [3.05, 3.63) is 66.1 Å². The molecule has 6 nitrogen and oxygen atoms in total. The van der Waals surface area contributed by atoms with Crippen LogP contribution in [-0.2, 0) is 4.74 Å². The Bertz CT molecular complexity index is 828. The van der Waals surface area contributed by atoms with Gasteiger partial charge in [-0.15, -0.1) is 0 Å². The maximum absolute atomic E-state index is 11.9. The number of benzene rings is 1. The molecule has 6 heteroatoms. The monoisotopic (exact) mass is 308 g/mol. The third-order valence-electron chi connectivity index (χ3n) is 3.32. The summed E-state index contributed by atoms with van der Waals surface area (Å²) < 4.78 is 6.59. The van der Waals surface area contributed by atoms with Gasteiger partial charge < -0.3 is 10.1 Å². The van der Waals surface area contributed by atoms with Crippen molar-refractivity contribution in [1.82, 2.24) is 14.8 Å². The van der Waals surface area contributed by atoms with Gasteiger partial charge in [0.2, 0.25) is 0 Å². The lowest BCUT2D eigenvalue weighted by Crippen LogP contribution is -2.08. The van der Waals surface area contributed by atoms with Gasteiger partial charge in [-0.05, 0) is 25.1 Å². The maximum atomic E-state index is 11.9. The molecule has 1 N–H and O–H groups in total. The van der Waals surface area contributed by atoms with Crippen LogP contribution in [0.4, 0.5) is 11.5 Å². The number of rotatable bonds is 4. The van der Waals surface area contributed by atoms with E-state index < -0.39 is 5.97 Å². The number of nitrogens with zero attached hydrogens (tertiary/aromatic N) is 3. The zero-order valence-corrected chi connectivity index (χ0v) is 12.9. The Balaban J connectivity index is 2.01. The van der Waals surface area contributed by atoms with Gasteiger partial charge in [0.15, 0.2) is 0 Å². The lowest BCUT2D eigenvalue weighted by atomic mass is 10.2. The molecule has 0 aliphatic carbocycles. The zero-order valence-electron chi connectivity index (χ0n) is 12.9. The van der Waals surface area contributed by atoms with Crippen LogP contribution in [0.5, 0.6) is 0 Å². The second kappa shape index (κ2) is 6.31. The second-order valence-corrected chi connectivity index (χ2v) is 4.96. The van der Waals surface area contributed by atoms with E-state index in [1.807, 2.05) is 43.3 Å². The third-order valence-corrected chi connectivity index (χ3v) is 3.32. The first-order chi connectivity index (χ1) is 11.2. The highest BCUT2D eigenvalue weighted by Gasteiger charge is 2.14. The Kier molecular flexibility index (Phi) is 4.05. The van der Waals surface area contributed by atoms with E-state index >= 15 is 0 Å². The zero-order chi connectivity index (χ0) is 16.2. The summed E-state index contributed by atoms with van der Waals surface area (Å²) in [6.45, 7) is 1.91. The summed E-state index contributed by atoms with van der Waals surface area (Å²) in [6, 6.07) is 13.3. The van der Waals surface area contributed by atoms with E-state index in [0.717, 1.165) is 17.2 Å². The minimum atomic E-state index is -0.419. The first-order valence-electron chi connectivity index (χ1n) is 7.10. The Hall–Kier alpha value is -3.15. The van der Waals surface area contributed by atoms with Crippen molar-refractivity contribution in [3.63, 3.8) is 0 Å². The summed E-state index contributed by atoms with van der Waals surface area (Å²) in [5, 5.41) is 7.70. The van der Waals surface area contributed by atoms with Crippen LogP contribution in [0.3, 0.4) is 0 Å². The summed E-state index contributed by atoms with van der Waals surface area (Å²) in [6.07, 6.45) is 3.14. The van der Waals surface area contributed by atoms with E-state index in [2.05, 4.69) is 15.4 Å². The SMILES string of the molecule is COC(=O)c1ccncc1Nc1cc(C)nn1-c1ccccc1. The van der Waals surface area contributed by atoms with Gasteiger partial charge in [-0.1, -0.05) is 18.2 Å². The fourth-order valence-electron chi connectivity index (χ4n) is 2.27. The quantitative estimate of drug-likeness (QED) is 0.750. The van der Waals surface area contributed by atoms with Gasteiger partial charge >= 0.3 is 5.97 Å². The first-order valence-corrected chi connectivity index (χ1v) is 7.10. The smallest absolute Gasteiger partial charge is 0.340 e.